The molecular weight excluding hydrogens is 522 g/mol. The molecule has 0 saturated heterocycles. The maximum Gasteiger partial charge on any atom is 0.263 e. The molecule has 0 radical (unpaired) electrons. The Kier molecular flexibility index (Phi) is 13.6. The highest BCUT2D eigenvalue weighted by molar-refractivity contribution is 7.12. The number of amides is 3. The normalized spacial score (nSPS) is 17.9. The summed E-state index contributed by atoms with van der Waals surface area (Å²) in [7, 11) is 1.56. The van der Waals surface area contributed by atoms with Crippen LogP contribution in [0, 0.1) is 5.92 Å². The van der Waals surface area contributed by atoms with Crippen molar-refractivity contribution in [1.29, 1.82) is 0 Å². The van der Waals surface area contributed by atoms with Crippen molar-refractivity contribution in [1.82, 2.24) is 20.9 Å². The highest BCUT2D eigenvalue weighted by atomic mass is 32.1. The number of fused-ring (bicyclic) bond motifs is 1. The molecule has 4 rings (SSSR count). The molecule has 0 bridgehead atoms. The molecule has 9 heteroatoms. The second-order valence-electron chi connectivity index (χ2n) is 10.6. The Morgan fingerprint density at radius 2 is 1.75 bits per heavy atom. The zero-order chi connectivity index (χ0) is 29.5. The first-order chi connectivity index (χ1) is 19.2. The minimum Gasteiger partial charge on any atom is -0.380 e. The third-order valence-electron chi connectivity index (χ3n) is 6.25. The topological polar surface area (TPSA) is 112 Å². The van der Waals surface area contributed by atoms with Gasteiger partial charge in [0.2, 0.25) is 12.3 Å². The van der Waals surface area contributed by atoms with E-state index in [1.165, 1.54) is 17.8 Å². The standard InChI is InChI=1S/C24H27N5O3S.C4H10.C3H8/c1-25-23(32)24(28-15-30)10-6-17(7-11-24)29-22(31)21-20(9-13-33-21)27-14-16-8-12-26-19-5-3-2-4-18(16)19;1-4(2)3;1-3-2/h2-5,8-9,12-13,15,17,27H,6-7,10-11,14H2,1H3,(H,25,32)(H,28,30)(H,29,31);4H,1-3H3;3H2,1-2H3. The molecule has 2 heterocycles. The zero-order valence-electron chi connectivity index (χ0n) is 24.7. The van der Waals surface area contributed by atoms with Crippen LogP contribution in [-0.2, 0) is 16.1 Å². The third kappa shape index (κ3) is 9.33. The molecule has 8 nitrogen and oxygen atoms in total. The largest absolute Gasteiger partial charge is 0.380 e. The summed E-state index contributed by atoms with van der Waals surface area (Å²) < 4.78 is 0. The van der Waals surface area contributed by atoms with Crippen molar-refractivity contribution in [3.63, 3.8) is 0 Å². The average molecular weight is 568 g/mol. The molecule has 0 spiro atoms. The average Bonchev–Trinajstić information content (AvgIpc) is 3.42. The summed E-state index contributed by atoms with van der Waals surface area (Å²) in [5.74, 6) is 0.501. The number of hydrogen-bond acceptors (Lipinski definition) is 6. The molecule has 2 aromatic heterocycles. The lowest BCUT2D eigenvalue weighted by molar-refractivity contribution is -0.131. The van der Waals surface area contributed by atoms with Crippen molar-refractivity contribution < 1.29 is 14.4 Å². The maximum absolute atomic E-state index is 13.0. The van der Waals surface area contributed by atoms with Crippen LogP contribution in [0.25, 0.3) is 10.9 Å². The molecule has 3 aromatic rings. The molecule has 1 fully saturated rings. The molecule has 4 N–H and O–H groups in total. The van der Waals surface area contributed by atoms with Gasteiger partial charge in [-0.1, -0.05) is 59.2 Å². The van der Waals surface area contributed by atoms with Crippen LogP contribution in [0.4, 0.5) is 5.69 Å². The Bertz CT molecular complexity index is 1210. The fraction of sp³-hybridized carbons (Fsp3) is 0.484. The summed E-state index contributed by atoms with van der Waals surface area (Å²) in [6.45, 7) is 11.3. The lowest BCUT2D eigenvalue weighted by atomic mass is 9.78. The molecule has 0 atom stereocenters. The number of aromatic nitrogens is 1. The van der Waals surface area contributed by atoms with Crippen molar-refractivity contribution >= 4 is 46.2 Å². The molecule has 218 valence electrons. The van der Waals surface area contributed by atoms with Crippen LogP contribution in [0.1, 0.15) is 82.0 Å². The van der Waals surface area contributed by atoms with Crippen LogP contribution >= 0.6 is 11.3 Å². The predicted molar refractivity (Wildman–Crippen MR) is 166 cm³/mol. The summed E-state index contributed by atoms with van der Waals surface area (Å²) in [4.78, 5) is 41.3. The molecule has 3 amide bonds. The van der Waals surface area contributed by atoms with Gasteiger partial charge in [0.05, 0.1) is 11.2 Å². The van der Waals surface area contributed by atoms with Gasteiger partial charge in [-0.3, -0.25) is 19.4 Å². The number of benzene rings is 1. The van der Waals surface area contributed by atoms with Crippen LogP contribution in [0.15, 0.2) is 48.0 Å². The smallest absolute Gasteiger partial charge is 0.263 e. The minimum absolute atomic E-state index is 0.0529. The summed E-state index contributed by atoms with van der Waals surface area (Å²) in [6, 6.07) is 11.8. The summed E-state index contributed by atoms with van der Waals surface area (Å²) >= 11 is 1.39. The number of likely N-dealkylation sites (N-methyl/N-ethyl adjacent to an activating group) is 1. The van der Waals surface area contributed by atoms with Crippen molar-refractivity contribution in [2.24, 2.45) is 5.92 Å². The van der Waals surface area contributed by atoms with E-state index in [4.69, 9.17) is 0 Å². The van der Waals surface area contributed by atoms with Gasteiger partial charge in [0, 0.05) is 31.2 Å². The minimum atomic E-state index is -0.902. The van der Waals surface area contributed by atoms with Gasteiger partial charge >= 0.3 is 0 Å². The van der Waals surface area contributed by atoms with Crippen LogP contribution in [-0.4, -0.2) is 41.8 Å². The third-order valence-corrected chi connectivity index (χ3v) is 7.16. The van der Waals surface area contributed by atoms with Crippen molar-refractivity contribution in [2.45, 2.75) is 84.8 Å². The first-order valence-electron chi connectivity index (χ1n) is 14.1. The highest BCUT2D eigenvalue weighted by Crippen LogP contribution is 2.30. The molecule has 1 aliphatic rings. The van der Waals surface area contributed by atoms with Gasteiger partial charge in [0.1, 0.15) is 10.4 Å². The summed E-state index contributed by atoms with van der Waals surface area (Å²) in [6.07, 6.45) is 5.78. The number of hydrogen-bond donors (Lipinski definition) is 4. The van der Waals surface area contributed by atoms with Gasteiger partial charge in [-0.2, -0.15) is 0 Å². The molecule has 1 aromatic carbocycles. The quantitative estimate of drug-likeness (QED) is 0.254. The molecule has 1 aliphatic carbocycles. The summed E-state index contributed by atoms with van der Waals surface area (Å²) in [5, 5.41) is 14.8. The number of nitrogens with zero attached hydrogens (tertiary/aromatic N) is 1. The zero-order valence-corrected chi connectivity index (χ0v) is 25.5. The van der Waals surface area contributed by atoms with Gasteiger partial charge in [-0.25, -0.2) is 0 Å². The lowest BCUT2D eigenvalue weighted by Gasteiger charge is -2.38. The summed E-state index contributed by atoms with van der Waals surface area (Å²) in [5.41, 5.74) is 1.94. The first kappa shape index (κ1) is 32.8. The van der Waals surface area contributed by atoms with E-state index in [9.17, 15) is 14.4 Å². The second kappa shape index (κ2) is 16.6. The number of thiophene rings is 1. The van der Waals surface area contributed by atoms with E-state index >= 15 is 0 Å². The van der Waals surface area contributed by atoms with E-state index in [-0.39, 0.29) is 17.9 Å². The number of carbonyl (C=O) groups is 3. The van der Waals surface area contributed by atoms with Crippen molar-refractivity contribution in [3.8, 4) is 0 Å². The molecular formula is C31H45N5O3S. The lowest BCUT2D eigenvalue weighted by Crippen LogP contribution is -2.59. The fourth-order valence-electron chi connectivity index (χ4n) is 4.42. The predicted octanol–water partition coefficient (Wildman–Crippen LogP) is 5.89. The van der Waals surface area contributed by atoms with E-state index < -0.39 is 5.54 Å². The number of carbonyl (C=O) groups excluding carboxylic acids is 3. The van der Waals surface area contributed by atoms with Gasteiger partial charge < -0.3 is 21.3 Å². The van der Waals surface area contributed by atoms with Gasteiger partial charge in [-0.15, -0.1) is 11.3 Å². The number of pyridine rings is 1. The van der Waals surface area contributed by atoms with Gasteiger partial charge in [-0.05, 0) is 60.7 Å². The van der Waals surface area contributed by atoms with E-state index in [1.54, 1.807) is 13.2 Å². The van der Waals surface area contributed by atoms with E-state index in [1.807, 2.05) is 41.8 Å². The van der Waals surface area contributed by atoms with E-state index in [0.717, 1.165) is 28.1 Å². The van der Waals surface area contributed by atoms with Crippen LogP contribution in [0.5, 0.6) is 0 Å². The molecule has 0 aliphatic heterocycles. The van der Waals surface area contributed by atoms with Crippen molar-refractivity contribution in [2.75, 3.05) is 12.4 Å². The Hall–Kier alpha value is -3.46. The molecule has 1 saturated carbocycles. The number of para-hydroxylation sites is 1. The number of nitrogens with one attached hydrogen (secondary N) is 4. The Balaban J connectivity index is 0.000000722. The highest BCUT2D eigenvalue weighted by Gasteiger charge is 2.41. The van der Waals surface area contributed by atoms with Gasteiger partial charge in [0.15, 0.2) is 0 Å². The van der Waals surface area contributed by atoms with Crippen molar-refractivity contribution in [3.05, 3.63) is 58.4 Å². The molecule has 40 heavy (non-hydrogen) atoms. The molecule has 0 unspecified atom stereocenters. The first-order valence-corrected chi connectivity index (χ1v) is 15.0. The SMILES string of the molecule is CC(C)C.CCC.CNC(=O)C1(NC=O)CCC(NC(=O)c2sccc2NCc2ccnc3ccccc23)CC1. The Labute approximate surface area is 242 Å². The van der Waals surface area contributed by atoms with Gasteiger partial charge in [0.25, 0.3) is 5.91 Å². The van der Waals surface area contributed by atoms with Crippen LogP contribution < -0.4 is 21.3 Å². The Morgan fingerprint density at radius 1 is 1.10 bits per heavy atom. The van der Waals surface area contributed by atoms with E-state index in [0.29, 0.717) is 43.5 Å². The Morgan fingerprint density at radius 3 is 2.38 bits per heavy atom. The van der Waals surface area contributed by atoms with E-state index in [2.05, 4.69) is 60.9 Å². The number of rotatable bonds is 8. The fourth-order valence-corrected chi connectivity index (χ4v) is 5.19. The monoisotopic (exact) mass is 567 g/mol. The maximum atomic E-state index is 13.0. The van der Waals surface area contributed by atoms with Crippen LogP contribution in [0.2, 0.25) is 0 Å². The number of anilines is 1. The second-order valence-corrected chi connectivity index (χ2v) is 11.5. The van der Waals surface area contributed by atoms with Crippen LogP contribution in [0.3, 0.4) is 0 Å².